The van der Waals surface area contributed by atoms with Crippen LogP contribution in [0.5, 0.6) is 17.2 Å². The Hall–Kier alpha value is -2.69. The summed E-state index contributed by atoms with van der Waals surface area (Å²) in [6, 6.07) is 13.6. The molecule has 1 heterocycles. The smallest absolute Gasteiger partial charge is 0.224 e. The molecule has 1 N–H and O–H groups in total. The Morgan fingerprint density at radius 2 is 1.85 bits per heavy atom. The summed E-state index contributed by atoms with van der Waals surface area (Å²) in [5.74, 6) is 3.11. The van der Waals surface area contributed by atoms with E-state index in [1.807, 2.05) is 30.3 Å². The molecule has 1 atom stereocenters. The molecule has 4 rings (SSSR count). The number of nitrogens with one attached hydrogen (secondary N) is 1. The summed E-state index contributed by atoms with van der Waals surface area (Å²) in [6.45, 7) is 1.09. The topological polar surface area (TPSA) is 56.8 Å². The van der Waals surface area contributed by atoms with E-state index in [2.05, 4.69) is 17.4 Å². The molecule has 0 radical (unpaired) electrons. The van der Waals surface area contributed by atoms with Gasteiger partial charge in [0, 0.05) is 18.2 Å². The van der Waals surface area contributed by atoms with Crippen LogP contribution < -0.4 is 19.5 Å². The third-order valence-electron chi connectivity index (χ3n) is 4.97. The number of fused-ring (bicyclic) bond motifs is 1. The summed E-state index contributed by atoms with van der Waals surface area (Å²) < 4.78 is 16.3. The summed E-state index contributed by atoms with van der Waals surface area (Å²) in [4.78, 5) is 12.6. The highest BCUT2D eigenvalue weighted by Gasteiger charge is 2.33. The molecule has 136 valence electrons. The van der Waals surface area contributed by atoms with E-state index in [9.17, 15) is 4.79 Å². The van der Waals surface area contributed by atoms with Crippen LogP contribution in [0, 0.1) is 5.92 Å². The van der Waals surface area contributed by atoms with Crippen molar-refractivity contribution in [3.63, 3.8) is 0 Å². The second kappa shape index (κ2) is 7.28. The highest BCUT2D eigenvalue weighted by atomic mass is 16.6. The molecular weight excluding hydrogens is 330 g/mol. The predicted molar refractivity (Wildman–Crippen MR) is 99.1 cm³/mol. The lowest BCUT2D eigenvalue weighted by Crippen LogP contribution is -2.18. The number of hydrogen-bond acceptors (Lipinski definition) is 4. The maximum Gasteiger partial charge on any atom is 0.224 e. The van der Waals surface area contributed by atoms with Crippen LogP contribution in [0.4, 0.5) is 5.69 Å². The highest BCUT2D eigenvalue weighted by molar-refractivity contribution is 5.91. The van der Waals surface area contributed by atoms with E-state index in [4.69, 9.17) is 14.2 Å². The van der Waals surface area contributed by atoms with Gasteiger partial charge in [-0.05, 0) is 54.5 Å². The third-order valence-corrected chi connectivity index (χ3v) is 4.97. The van der Waals surface area contributed by atoms with Crippen LogP contribution in [0.2, 0.25) is 0 Å². The number of hydrogen-bond donors (Lipinski definition) is 1. The zero-order valence-corrected chi connectivity index (χ0v) is 14.9. The van der Waals surface area contributed by atoms with Crippen molar-refractivity contribution < 1.29 is 19.0 Å². The zero-order valence-electron chi connectivity index (χ0n) is 14.9. The molecule has 2 aliphatic rings. The lowest BCUT2D eigenvalue weighted by molar-refractivity contribution is -0.116. The van der Waals surface area contributed by atoms with Crippen LogP contribution in [0.15, 0.2) is 42.5 Å². The summed E-state index contributed by atoms with van der Waals surface area (Å²) in [7, 11) is 1.66. The first-order valence-electron chi connectivity index (χ1n) is 9.06. The van der Waals surface area contributed by atoms with Gasteiger partial charge in [-0.1, -0.05) is 12.1 Å². The van der Waals surface area contributed by atoms with Crippen molar-refractivity contribution in [2.45, 2.75) is 25.2 Å². The minimum Gasteiger partial charge on any atom is -0.497 e. The SMILES string of the molecule is COc1ccc(C(CC(=O)Nc2ccc3c(c2)OCCO3)C2CC2)cc1. The molecule has 0 spiro atoms. The Morgan fingerprint density at radius 3 is 2.54 bits per heavy atom. The fourth-order valence-electron chi connectivity index (χ4n) is 3.44. The van der Waals surface area contributed by atoms with Gasteiger partial charge in [-0.2, -0.15) is 0 Å². The molecule has 0 saturated heterocycles. The van der Waals surface area contributed by atoms with Gasteiger partial charge in [0.2, 0.25) is 5.91 Å². The standard InChI is InChI=1S/C21H23NO4/c1-24-17-7-4-15(5-8-17)18(14-2-3-14)13-21(23)22-16-6-9-19-20(12-16)26-11-10-25-19/h4-9,12,14,18H,2-3,10-11,13H2,1H3,(H,22,23). The van der Waals surface area contributed by atoms with Crippen molar-refractivity contribution in [3.05, 3.63) is 48.0 Å². The van der Waals surface area contributed by atoms with Gasteiger partial charge in [0.1, 0.15) is 19.0 Å². The Labute approximate surface area is 153 Å². The fraction of sp³-hybridized carbons (Fsp3) is 0.381. The fourth-order valence-corrected chi connectivity index (χ4v) is 3.44. The van der Waals surface area contributed by atoms with E-state index in [-0.39, 0.29) is 11.8 Å². The Morgan fingerprint density at radius 1 is 1.12 bits per heavy atom. The van der Waals surface area contributed by atoms with Gasteiger partial charge in [-0.25, -0.2) is 0 Å². The molecular formula is C21H23NO4. The number of anilines is 1. The van der Waals surface area contributed by atoms with Gasteiger partial charge in [0.05, 0.1) is 7.11 Å². The largest absolute Gasteiger partial charge is 0.497 e. The van der Waals surface area contributed by atoms with Crippen molar-refractivity contribution in [2.24, 2.45) is 5.92 Å². The molecule has 5 heteroatoms. The Bertz CT molecular complexity index is 783. The van der Waals surface area contributed by atoms with Gasteiger partial charge in [-0.3, -0.25) is 4.79 Å². The number of methoxy groups -OCH3 is 1. The molecule has 0 bridgehead atoms. The van der Waals surface area contributed by atoms with Gasteiger partial charge < -0.3 is 19.5 Å². The van der Waals surface area contributed by atoms with Crippen LogP contribution in [-0.4, -0.2) is 26.2 Å². The molecule has 1 amide bonds. The molecule has 2 aromatic rings. The molecule has 26 heavy (non-hydrogen) atoms. The lowest BCUT2D eigenvalue weighted by atomic mass is 9.90. The van der Waals surface area contributed by atoms with Crippen molar-refractivity contribution in [2.75, 3.05) is 25.6 Å². The maximum absolute atomic E-state index is 12.6. The summed E-state index contributed by atoms with van der Waals surface area (Å²) >= 11 is 0. The first-order chi connectivity index (χ1) is 12.7. The number of carbonyl (C=O) groups excluding carboxylic acids is 1. The van der Waals surface area contributed by atoms with Crippen molar-refractivity contribution in [1.29, 1.82) is 0 Å². The van der Waals surface area contributed by atoms with Crippen LogP contribution in [0.1, 0.15) is 30.7 Å². The third kappa shape index (κ3) is 3.77. The molecule has 0 aromatic heterocycles. The molecule has 1 saturated carbocycles. The summed E-state index contributed by atoms with van der Waals surface area (Å²) in [5, 5.41) is 3.00. The number of ether oxygens (including phenoxy) is 3. The number of amides is 1. The minimum absolute atomic E-state index is 0.0226. The van der Waals surface area contributed by atoms with E-state index < -0.39 is 0 Å². The molecule has 2 aromatic carbocycles. The second-order valence-corrected chi connectivity index (χ2v) is 6.83. The monoisotopic (exact) mass is 353 g/mol. The normalized spacial score (nSPS) is 16.7. The molecule has 5 nitrogen and oxygen atoms in total. The van der Waals surface area contributed by atoms with Crippen molar-refractivity contribution in [1.82, 2.24) is 0 Å². The predicted octanol–water partition coefficient (Wildman–Crippen LogP) is 3.99. The molecule has 1 aliphatic carbocycles. The van der Waals surface area contributed by atoms with Crippen molar-refractivity contribution in [3.8, 4) is 17.2 Å². The van der Waals surface area contributed by atoms with E-state index in [0.717, 1.165) is 17.2 Å². The maximum atomic E-state index is 12.6. The van der Waals surface area contributed by atoms with E-state index in [0.29, 0.717) is 31.3 Å². The number of rotatable bonds is 6. The van der Waals surface area contributed by atoms with Gasteiger partial charge in [0.25, 0.3) is 0 Å². The summed E-state index contributed by atoms with van der Waals surface area (Å²) in [5.41, 5.74) is 1.94. The van der Waals surface area contributed by atoms with Gasteiger partial charge in [0.15, 0.2) is 11.5 Å². The van der Waals surface area contributed by atoms with Gasteiger partial charge >= 0.3 is 0 Å². The number of benzene rings is 2. The van der Waals surface area contributed by atoms with Crippen molar-refractivity contribution >= 4 is 11.6 Å². The highest BCUT2D eigenvalue weighted by Crippen LogP contribution is 2.45. The lowest BCUT2D eigenvalue weighted by Gasteiger charge is -2.20. The van der Waals surface area contributed by atoms with E-state index in [1.165, 1.54) is 18.4 Å². The first kappa shape index (κ1) is 16.8. The van der Waals surface area contributed by atoms with Gasteiger partial charge in [-0.15, -0.1) is 0 Å². The average Bonchev–Trinajstić information content (AvgIpc) is 3.51. The molecule has 1 unspecified atom stereocenters. The number of carbonyl (C=O) groups is 1. The van der Waals surface area contributed by atoms with Crippen LogP contribution in [0.3, 0.4) is 0 Å². The Balaban J connectivity index is 1.43. The second-order valence-electron chi connectivity index (χ2n) is 6.83. The molecule has 1 aliphatic heterocycles. The van der Waals surface area contributed by atoms with E-state index in [1.54, 1.807) is 7.11 Å². The Kier molecular flexibility index (Phi) is 4.69. The molecule has 1 fully saturated rings. The van der Waals surface area contributed by atoms with Crippen LogP contribution in [0.25, 0.3) is 0 Å². The minimum atomic E-state index is 0.0226. The van der Waals surface area contributed by atoms with E-state index >= 15 is 0 Å². The first-order valence-corrected chi connectivity index (χ1v) is 9.06. The average molecular weight is 353 g/mol. The quantitative estimate of drug-likeness (QED) is 0.853. The summed E-state index contributed by atoms with van der Waals surface area (Å²) in [6.07, 6.45) is 2.85. The van der Waals surface area contributed by atoms with Crippen LogP contribution in [-0.2, 0) is 4.79 Å². The van der Waals surface area contributed by atoms with Crippen LogP contribution >= 0.6 is 0 Å². The zero-order chi connectivity index (χ0) is 17.9.